The van der Waals surface area contributed by atoms with Gasteiger partial charge in [0.25, 0.3) is 0 Å². The maximum atomic E-state index is 12.4. The Hall–Kier alpha value is -2.04. The van der Waals surface area contributed by atoms with Crippen LogP contribution >= 0.6 is 0 Å². The van der Waals surface area contributed by atoms with Gasteiger partial charge in [0.05, 0.1) is 32.2 Å². The van der Waals surface area contributed by atoms with Gasteiger partial charge < -0.3 is 14.2 Å². The van der Waals surface area contributed by atoms with Crippen LogP contribution in [0.2, 0.25) is 0 Å². The summed E-state index contributed by atoms with van der Waals surface area (Å²) in [6, 6.07) is 7.64. The summed E-state index contributed by atoms with van der Waals surface area (Å²) in [5.74, 6) is -0.531. The molecule has 0 fully saturated rings. The lowest BCUT2D eigenvalue weighted by molar-refractivity contribution is -0.155. The van der Waals surface area contributed by atoms with Gasteiger partial charge in [-0.1, -0.05) is 45.4 Å². The summed E-state index contributed by atoms with van der Waals surface area (Å²) in [5, 5.41) is 0. The fourth-order valence-corrected chi connectivity index (χ4v) is 2.44. The summed E-state index contributed by atoms with van der Waals surface area (Å²) in [7, 11) is 0. The lowest BCUT2D eigenvalue weighted by Gasteiger charge is -2.18. The van der Waals surface area contributed by atoms with Crippen molar-refractivity contribution < 1.29 is 23.8 Å². The molecule has 0 spiro atoms. The highest BCUT2D eigenvalue weighted by molar-refractivity contribution is 5.80. The van der Waals surface area contributed by atoms with Gasteiger partial charge in [-0.05, 0) is 37.3 Å². The van der Waals surface area contributed by atoms with E-state index >= 15 is 0 Å². The summed E-state index contributed by atoms with van der Waals surface area (Å²) >= 11 is 0. The first-order chi connectivity index (χ1) is 12.6. The molecule has 0 bridgehead atoms. The van der Waals surface area contributed by atoms with Crippen molar-refractivity contribution in [3.05, 3.63) is 29.8 Å². The predicted octanol–water partition coefficient (Wildman–Crippen LogP) is 4.32. The zero-order valence-electron chi connectivity index (χ0n) is 16.3. The molecule has 0 aliphatic heterocycles. The summed E-state index contributed by atoms with van der Waals surface area (Å²) in [4.78, 5) is 24.4. The number of unbranched alkanes of at least 4 members (excludes halogenated alkanes) is 1. The van der Waals surface area contributed by atoms with Gasteiger partial charge in [-0.2, -0.15) is 0 Å². The van der Waals surface area contributed by atoms with Crippen molar-refractivity contribution in [2.24, 2.45) is 5.92 Å². The van der Waals surface area contributed by atoms with E-state index in [2.05, 4.69) is 6.92 Å². The first-order valence-electron chi connectivity index (χ1n) is 9.65. The van der Waals surface area contributed by atoms with Crippen LogP contribution in [0.25, 0.3) is 0 Å². The molecule has 1 unspecified atom stereocenters. The highest BCUT2D eigenvalue weighted by Crippen LogP contribution is 2.24. The van der Waals surface area contributed by atoms with Gasteiger partial charge in [-0.3, -0.25) is 9.59 Å². The smallest absolute Gasteiger partial charge is 0.309 e. The monoisotopic (exact) mass is 364 g/mol. The minimum absolute atomic E-state index is 0.0197. The number of benzene rings is 1. The molecule has 0 heterocycles. The average molecular weight is 364 g/mol. The normalized spacial score (nSPS) is 11.7. The number of ether oxygens (including phenoxy) is 3. The molecule has 0 saturated heterocycles. The van der Waals surface area contributed by atoms with Crippen molar-refractivity contribution >= 4 is 11.9 Å². The highest BCUT2D eigenvalue weighted by atomic mass is 16.5. The lowest BCUT2D eigenvalue weighted by atomic mass is 9.95. The molecule has 5 nitrogen and oxygen atoms in total. The molecule has 1 rings (SSSR count). The zero-order chi connectivity index (χ0) is 19.2. The molecule has 0 aliphatic carbocycles. The number of hydrogen-bond acceptors (Lipinski definition) is 5. The van der Waals surface area contributed by atoms with Gasteiger partial charge in [0.15, 0.2) is 0 Å². The van der Waals surface area contributed by atoms with Gasteiger partial charge in [0.2, 0.25) is 0 Å². The lowest BCUT2D eigenvalue weighted by Crippen LogP contribution is -2.25. The Balaban J connectivity index is 2.83. The van der Waals surface area contributed by atoms with Crippen LogP contribution < -0.4 is 4.74 Å². The van der Waals surface area contributed by atoms with E-state index in [-0.39, 0.29) is 18.4 Å². The minimum atomic E-state index is -0.568. The van der Waals surface area contributed by atoms with Crippen LogP contribution in [0.4, 0.5) is 0 Å². The van der Waals surface area contributed by atoms with Crippen molar-refractivity contribution in [2.45, 2.75) is 59.3 Å². The number of para-hydroxylation sites is 1. The average Bonchev–Trinajstić information content (AvgIpc) is 2.65. The van der Waals surface area contributed by atoms with E-state index < -0.39 is 5.92 Å². The standard InChI is InChI=1S/C21H32O5/c1-4-7-14-24-19-11-9-8-10-17(19)15-18(21(23)26-13-6-3)16-20(22)25-12-5-2/h8-11,18H,4-7,12-16H2,1-3H3. The Kier molecular flexibility index (Phi) is 11.2. The van der Waals surface area contributed by atoms with Gasteiger partial charge in [-0.15, -0.1) is 0 Å². The highest BCUT2D eigenvalue weighted by Gasteiger charge is 2.25. The first-order valence-corrected chi connectivity index (χ1v) is 9.65. The Morgan fingerprint density at radius 1 is 0.923 bits per heavy atom. The van der Waals surface area contributed by atoms with Crippen molar-refractivity contribution in [3.8, 4) is 5.75 Å². The molecule has 0 aromatic heterocycles. The molecule has 0 amide bonds. The minimum Gasteiger partial charge on any atom is -0.493 e. The number of esters is 2. The predicted molar refractivity (Wildman–Crippen MR) is 101 cm³/mol. The van der Waals surface area contributed by atoms with Crippen LogP contribution in [0, 0.1) is 5.92 Å². The van der Waals surface area contributed by atoms with Crippen molar-refractivity contribution in [1.82, 2.24) is 0 Å². The third kappa shape index (κ3) is 8.37. The van der Waals surface area contributed by atoms with E-state index in [1.807, 2.05) is 38.1 Å². The van der Waals surface area contributed by atoms with Gasteiger partial charge in [0, 0.05) is 0 Å². The van der Waals surface area contributed by atoms with E-state index in [9.17, 15) is 9.59 Å². The molecule has 0 aliphatic rings. The second-order valence-corrected chi connectivity index (χ2v) is 6.30. The molecule has 26 heavy (non-hydrogen) atoms. The number of carbonyl (C=O) groups is 2. The maximum Gasteiger partial charge on any atom is 0.309 e. The van der Waals surface area contributed by atoms with E-state index in [1.54, 1.807) is 0 Å². The van der Waals surface area contributed by atoms with Gasteiger partial charge in [-0.25, -0.2) is 0 Å². The Morgan fingerprint density at radius 2 is 1.62 bits per heavy atom. The fraction of sp³-hybridized carbons (Fsp3) is 0.619. The fourth-order valence-electron chi connectivity index (χ4n) is 2.44. The second-order valence-electron chi connectivity index (χ2n) is 6.30. The topological polar surface area (TPSA) is 61.8 Å². The molecular weight excluding hydrogens is 332 g/mol. The van der Waals surface area contributed by atoms with Crippen LogP contribution in [0.1, 0.15) is 58.4 Å². The molecule has 1 atom stereocenters. The van der Waals surface area contributed by atoms with Crippen LogP contribution in [0.3, 0.4) is 0 Å². The third-order valence-corrected chi connectivity index (χ3v) is 3.86. The third-order valence-electron chi connectivity index (χ3n) is 3.86. The van der Waals surface area contributed by atoms with Crippen LogP contribution in [0.5, 0.6) is 5.75 Å². The molecule has 1 aromatic rings. The van der Waals surface area contributed by atoms with Crippen molar-refractivity contribution in [2.75, 3.05) is 19.8 Å². The van der Waals surface area contributed by atoms with Gasteiger partial charge in [0.1, 0.15) is 5.75 Å². The molecular formula is C21H32O5. The first kappa shape index (κ1) is 22.0. The summed E-state index contributed by atoms with van der Waals surface area (Å²) in [5.41, 5.74) is 0.908. The maximum absolute atomic E-state index is 12.4. The van der Waals surface area contributed by atoms with Crippen LogP contribution in [0.15, 0.2) is 24.3 Å². The van der Waals surface area contributed by atoms with E-state index in [1.165, 1.54) is 0 Å². The molecule has 0 saturated carbocycles. The Labute approximate surface area is 157 Å². The van der Waals surface area contributed by atoms with Crippen molar-refractivity contribution in [3.63, 3.8) is 0 Å². The number of hydrogen-bond donors (Lipinski definition) is 0. The zero-order valence-corrected chi connectivity index (χ0v) is 16.3. The molecule has 0 radical (unpaired) electrons. The second kappa shape index (κ2) is 13.2. The summed E-state index contributed by atoms with van der Waals surface area (Å²) in [6.45, 7) is 7.34. The number of rotatable bonds is 13. The van der Waals surface area contributed by atoms with E-state index in [0.29, 0.717) is 26.2 Å². The van der Waals surface area contributed by atoms with E-state index in [0.717, 1.165) is 37.0 Å². The quantitative estimate of drug-likeness (QED) is 0.385. The SMILES string of the molecule is CCCCOc1ccccc1CC(CC(=O)OCCC)C(=O)OCCC. The Morgan fingerprint density at radius 3 is 2.31 bits per heavy atom. The largest absolute Gasteiger partial charge is 0.493 e. The van der Waals surface area contributed by atoms with Crippen LogP contribution in [-0.4, -0.2) is 31.8 Å². The summed E-state index contributed by atoms with van der Waals surface area (Å²) in [6.07, 6.45) is 3.94. The van der Waals surface area contributed by atoms with E-state index in [4.69, 9.17) is 14.2 Å². The summed E-state index contributed by atoms with van der Waals surface area (Å²) < 4.78 is 16.3. The molecule has 5 heteroatoms. The molecule has 146 valence electrons. The van der Waals surface area contributed by atoms with Crippen molar-refractivity contribution in [1.29, 1.82) is 0 Å². The molecule has 0 N–H and O–H groups in total. The Bertz CT molecular complexity index is 541. The van der Waals surface area contributed by atoms with Crippen LogP contribution in [-0.2, 0) is 25.5 Å². The molecule has 1 aromatic carbocycles. The number of carbonyl (C=O) groups excluding carboxylic acids is 2. The van der Waals surface area contributed by atoms with Gasteiger partial charge >= 0.3 is 11.9 Å².